The largest absolute Gasteiger partial charge is 0.482 e. The maximum atomic E-state index is 12.2. The fourth-order valence-corrected chi connectivity index (χ4v) is 4.42. The topological polar surface area (TPSA) is 71.6 Å². The fourth-order valence-electron chi connectivity index (χ4n) is 4.42. The number of carbonyl (C=O) groups is 2. The molecule has 0 radical (unpaired) electrons. The summed E-state index contributed by atoms with van der Waals surface area (Å²) in [5, 5.41) is 0. The second-order valence-electron chi connectivity index (χ2n) is 10.1. The molecule has 8 nitrogen and oxygen atoms in total. The minimum atomic E-state index is -0.435. The van der Waals surface area contributed by atoms with E-state index in [1.807, 2.05) is 37.8 Å². The molecule has 34 heavy (non-hydrogen) atoms. The first kappa shape index (κ1) is 26.1. The molecule has 1 aromatic carbocycles. The highest BCUT2D eigenvalue weighted by Crippen LogP contribution is 2.24. The van der Waals surface area contributed by atoms with Crippen LogP contribution in [0.2, 0.25) is 0 Å². The van der Waals surface area contributed by atoms with Gasteiger partial charge >= 0.3 is 12.1 Å². The van der Waals surface area contributed by atoms with Gasteiger partial charge in [-0.05, 0) is 83.7 Å². The average Bonchev–Trinajstić information content (AvgIpc) is 2.81. The van der Waals surface area contributed by atoms with Gasteiger partial charge in [0.25, 0.3) is 0 Å². The smallest absolute Gasteiger partial charge is 0.410 e. The Morgan fingerprint density at radius 2 is 1.62 bits per heavy atom. The van der Waals surface area contributed by atoms with E-state index in [0.29, 0.717) is 18.3 Å². The average molecular weight is 476 g/mol. The van der Waals surface area contributed by atoms with E-state index < -0.39 is 5.60 Å². The minimum absolute atomic E-state index is 0.0636. The van der Waals surface area contributed by atoms with E-state index in [-0.39, 0.29) is 18.7 Å². The zero-order chi connectivity index (χ0) is 24.6. The molecule has 0 saturated carbocycles. The summed E-state index contributed by atoms with van der Waals surface area (Å²) >= 11 is 0. The number of likely N-dealkylation sites (tertiary alicyclic amines) is 1. The third-order valence-electron chi connectivity index (χ3n) is 6.36. The molecule has 0 aliphatic carbocycles. The van der Waals surface area contributed by atoms with Crippen molar-refractivity contribution in [2.45, 2.75) is 52.6 Å². The van der Waals surface area contributed by atoms with Gasteiger partial charge in [0.05, 0.1) is 6.61 Å². The first-order valence-electron chi connectivity index (χ1n) is 12.6. The monoisotopic (exact) mass is 475 g/mol. The maximum Gasteiger partial charge on any atom is 0.410 e. The number of rotatable bonds is 8. The van der Waals surface area contributed by atoms with Gasteiger partial charge < -0.3 is 24.0 Å². The summed E-state index contributed by atoms with van der Waals surface area (Å²) in [5.41, 5.74) is 0.744. The first-order chi connectivity index (χ1) is 16.2. The molecule has 2 saturated heterocycles. The van der Waals surface area contributed by atoms with Gasteiger partial charge in [-0.25, -0.2) is 9.59 Å². The molecule has 1 aromatic rings. The Kier molecular flexibility index (Phi) is 9.45. The summed E-state index contributed by atoms with van der Waals surface area (Å²) in [6.45, 7) is 14.6. The van der Waals surface area contributed by atoms with Crippen LogP contribution in [0.5, 0.6) is 5.75 Å². The molecule has 190 valence electrons. The van der Waals surface area contributed by atoms with E-state index in [1.54, 1.807) is 6.92 Å². The van der Waals surface area contributed by atoms with Crippen LogP contribution in [-0.2, 0) is 14.3 Å². The Balaban J connectivity index is 1.33. The number of ether oxygens (including phenoxy) is 3. The van der Waals surface area contributed by atoms with Crippen LogP contribution in [0.4, 0.5) is 10.5 Å². The van der Waals surface area contributed by atoms with Gasteiger partial charge in [-0.3, -0.25) is 4.90 Å². The van der Waals surface area contributed by atoms with Gasteiger partial charge in [-0.15, -0.1) is 0 Å². The van der Waals surface area contributed by atoms with Crippen LogP contribution in [0.15, 0.2) is 24.3 Å². The second-order valence-corrected chi connectivity index (χ2v) is 10.1. The van der Waals surface area contributed by atoms with Gasteiger partial charge in [0.2, 0.25) is 0 Å². The molecule has 0 unspecified atom stereocenters. The zero-order valence-corrected chi connectivity index (χ0v) is 21.3. The Morgan fingerprint density at radius 1 is 0.971 bits per heavy atom. The molecular formula is C26H41N3O5. The summed E-state index contributed by atoms with van der Waals surface area (Å²) in [6.07, 6.45) is 3.13. The molecule has 0 atom stereocenters. The van der Waals surface area contributed by atoms with E-state index in [9.17, 15) is 9.59 Å². The van der Waals surface area contributed by atoms with Crippen molar-refractivity contribution in [3.63, 3.8) is 0 Å². The number of piperazine rings is 1. The SMILES string of the molecule is CCOC(=O)COc1ccc(N2CCN(CCC3CCN(C(=O)OC(C)(C)C)CC3)CC2)cc1. The number of hydrogen-bond donors (Lipinski definition) is 0. The lowest BCUT2D eigenvalue weighted by atomic mass is 9.93. The standard InChI is InChI=1S/C26H41N3O5/c1-5-32-24(30)20-33-23-8-6-22(7-9-23)28-18-16-27(17-19-28)13-10-21-11-14-29(15-12-21)25(31)34-26(2,3)4/h6-9,21H,5,10-20H2,1-4H3. The van der Waals surface area contributed by atoms with Crippen LogP contribution in [0.25, 0.3) is 0 Å². The quantitative estimate of drug-likeness (QED) is 0.530. The van der Waals surface area contributed by atoms with Crippen LogP contribution in [0.3, 0.4) is 0 Å². The molecule has 2 aliphatic heterocycles. The molecule has 3 rings (SSSR count). The molecule has 0 aromatic heterocycles. The van der Waals surface area contributed by atoms with Crippen molar-refractivity contribution in [2.24, 2.45) is 5.92 Å². The number of benzene rings is 1. The van der Waals surface area contributed by atoms with E-state index >= 15 is 0 Å². The predicted molar refractivity (Wildman–Crippen MR) is 132 cm³/mol. The number of amides is 1. The van der Waals surface area contributed by atoms with Gasteiger partial charge in [0.1, 0.15) is 11.4 Å². The number of nitrogens with zero attached hydrogens (tertiary/aromatic N) is 3. The van der Waals surface area contributed by atoms with Crippen molar-refractivity contribution in [3.05, 3.63) is 24.3 Å². The first-order valence-corrected chi connectivity index (χ1v) is 12.6. The van der Waals surface area contributed by atoms with Crippen LogP contribution < -0.4 is 9.64 Å². The predicted octanol–water partition coefficient (Wildman–Crippen LogP) is 3.79. The van der Waals surface area contributed by atoms with Crippen molar-refractivity contribution in [1.82, 2.24) is 9.80 Å². The molecule has 0 N–H and O–H groups in total. The highest BCUT2D eigenvalue weighted by atomic mass is 16.6. The molecule has 2 heterocycles. The van der Waals surface area contributed by atoms with Gasteiger partial charge in [-0.2, -0.15) is 0 Å². The molecular weight excluding hydrogens is 434 g/mol. The zero-order valence-electron chi connectivity index (χ0n) is 21.3. The van der Waals surface area contributed by atoms with Gasteiger partial charge in [-0.1, -0.05) is 0 Å². The molecule has 2 fully saturated rings. The summed E-state index contributed by atoms with van der Waals surface area (Å²) in [7, 11) is 0. The van der Waals surface area contributed by atoms with Gasteiger partial charge in [0.15, 0.2) is 6.61 Å². The molecule has 0 spiro atoms. The van der Waals surface area contributed by atoms with Gasteiger partial charge in [0, 0.05) is 45.0 Å². The summed E-state index contributed by atoms with van der Waals surface area (Å²) in [6, 6.07) is 7.92. The summed E-state index contributed by atoms with van der Waals surface area (Å²) in [4.78, 5) is 30.5. The van der Waals surface area contributed by atoms with Crippen LogP contribution in [0.1, 0.15) is 47.0 Å². The summed E-state index contributed by atoms with van der Waals surface area (Å²) < 4.78 is 15.9. The van der Waals surface area contributed by atoms with Crippen molar-refractivity contribution >= 4 is 17.7 Å². The number of hydrogen-bond acceptors (Lipinski definition) is 7. The summed E-state index contributed by atoms with van der Waals surface area (Å²) in [5.74, 6) is 1.00. The minimum Gasteiger partial charge on any atom is -0.482 e. The van der Waals surface area contributed by atoms with E-state index in [2.05, 4.69) is 21.9 Å². The van der Waals surface area contributed by atoms with Crippen molar-refractivity contribution in [2.75, 3.05) is 63.9 Å². The second kappa shape index (κ2) is 12.3. The van der Waals surface area contributed by atoms with E-state index in [0.717, 1.165) is 58.7 Å². The van der Waals surface area contributed by atoms with E-state index in [1.165, 1.54) is 12.1 Å². The highest BCUT2D eigenvalue weighted by molar-refractivity contribution is 5.71. The van der Waals surface area contributed by atoms with Crippen LogP contribution in [-0.4, -0.2) is 86.5 Å². The number of carbonyl (C=O) groups excluding carboxylic acids is 2. The Morgan fingerprint density at radius 3 is 2.21 bits per heavy atom. The Labute approximate surface area is 204 Å². The van der Waals surface area contributed by atoms with Crippen LogP contribution >= 0.6 is 0 Å². The highest BCUT2D eigenvalue weighted by Gasteiger charge is 2.27. The molecule has 0 bridgehead atoms. The van der Waals surface area contributed by atoms with Crippen molar-refractivity contribution < 1.29 is 23.8 Å². The molecule has 1 amide bonds. The maximum absolute atomic E-state index is 12.2. The number of piperidine rings is 1. The third-order valence-corrected chi connectivity index (χ3v) is 6.36. The van der Waals surface area contributed by atoms with Crippen molar-refractivity contribution in [3.8, 4) is 5.75 Å². The Hall–Kier alpha value is -2.48. The molecule has 8 heteroatoms. The lowest BCUT2D eigenvalue weighted by Gasteiger charge is -2.38. The number of esters is 1. The van der Waals surface area contributed by atoms with Crippen LogP contribution in [0, 0.1) is 5.92 Å². The van der Waals surface area contributed by atoms with Crippen molar-refractivity contribution in [1.29, 1.82) is 0 Å². The lowest BCUT2D eigenvalue weighted by Crippen LogP contribution is -2.47. The Bertz CT molecular complexity index is 777. The number of anilines is 1. The molecule has 2 aliphatic rings. The third kappa shape index (κ3) is 8.38. The van der Waals surface area contributed by atoms with E-state index in [4.69, 9.17) is 14.2 Å². The fraction of sp³-hybridized carbons (Fsp3) is 0.692. The lowest BCUT2D eigenvalue weighted by molar-refractivity contribution is -0.145. The normalized spacial score (nSPS) is 18.0.